The molecule has 0 atom stereocenters. The van der Waals surface area contributed by atoms with Crippen LogP contribution in [-0.4, -0.2) is 64.7 Å². The fourth-order valence-corrected chi connectivity index (χ4v) is 4.31. The van der Waals surface area contributed by atoms with Crippen LogP contribution < -0.4 is 4.90 Å². The van der Waals surface area contributed by atoms with Gasteiger partial charge >= 0.3 is 0 Å². The number of carbonyl (C=O) groups is 1. The minimum atomic E-state index is 0.103. The summed E-state index contributed by atoms with van der Waals surface area (Å²) in [5, 5.41) is 9.69. The Morgan fingerprint density at radius 3 is 2.71 bits per heavy atom. The maximum Gasteiger partial charge on any atom is 0.233 e. The molecule has 2 heterocycles. The molecule has 7 nitrogen and oxygen atoms in total. The van der Waals surface area contributed by atoms with Crippen LogP contribution >= 0.6 is 11.8 Å². The summed E-state index contributed by atoms with van der Waals surface area (Å²) in [4.78, 5) is 16.7. The predicted octanol–water partition coefficient (Wildman–Crippen LogP) is 2.51. The van der Waals surface area contributed by atoms with Crippen molar-refractivity contribution in [2.75, 3.05) is 44.0 Å². The highest BCUT2D eigenvalue weighted by molar-refractivity contribution is 7.99. The van der Waals surface area contributed by atoms with Crippen LogP contribution in [0.3, 0.4) is 0 Å². The molecule has 0 radical (unpaired) electrons. The Balaban J connectivity index is 1.39. The zero-order chi connectivity index (χ0) is 19.5. The quantitative estimate of drug-likeness (QED) is 0.665. The summed E-state index contributed by atoms with van der Waals surface area (Å²) >= 11 is 1.49. The first-order valence-electron chi connectivity index (χ1n) is 9.82. The van der Waals surface area contributed by atoms with Crippen molar-refractivity contribution in [2.24, 2.45) is 0 Å². The summed E-state index contributed by atoms with van der Waals surface area (Å²) in [5.41, 5.74) is 2.39. The van der Waals surface area contributed by atoms with Gasteiger partial charge in [-0.1, -0.05) is 36.0 Å². The number of hydrogen-bond acceptors (Lipinski definition) is 6. The summed E-state index contributed by atoms with van der Waals surface area (Å²) in [7, 11) is 1.86. The van der Waals surface area contributed by atoms with Crippen molar-refractivity contribution in [3.63, 3.8) is 0 Å². The number of ether oxygens (including phenoxy) is 1. The van der Waals surface area contributed by atoms with Gasteiger partial charge in [0.25, 0.3) is 0 Å². The van der Waals surface area contributed by atoms with Crippen molar-refractivity contribution in [1.82, 2.24) is 19.7 Å². The molecule has 28 heavy (non-hydrogen) atoms. The summed E-state index contributed by atoms with van der Waals surface area (Å²) in [6.07, 6.45) is 2.31. The Labute approximate surface area is 170 Å². The van der Waals surface area contributed by atoms with E-state index in [1.165, 1.54) is 22.9 Å². The average Bonchev–Trinajstić information content (AvgIpc) is 3.47. The standard InChI is InChI=1S/C20H27N5O2S/c1-15-5-3-4-6-16(15)13-23(2)18(26)14-28-20-22-21-19(25(20)17-7-8-17)24-9-11-27-12-10-24/h3-6,17H,7-14H2,1-2H3. The number of thioether (sulfide) groups is 1. The molecule has 4 rings (SSSR count). The number of nitrogens with zero attached hydrogens (tertiary/aromatic N) is 5. The van der Waals surface area contributed by atoms with Crippen molar-refractivity contribution < 1.29 is 9.53 Å². The Hall–Kier alpha value is -2.06. The van der Waals surface area contributed by atoms with E-state index < -0.39 is 0 Å². The van der Waals surface area contributed by atoms with Crippen molar-refractivity contribution in [1.29, 1.82) is 0 Å². The number of hydrogen-bond donors (Lipinski definition) is 0. The van der Waals surface area contributed by atoms with E-state index in [9.17, 15) is 4.79 Å². The monoisotopic (exact) mass is 401 g/mol. The zero-order valence-electron chi connectivity index (χ0n) is 16.5. The predicted molar refractivity (Wildman–Crippen MR) is 110 cm³/mol. The third kappa shape index (κ3) is 4.33. The molecule has 2 aromatic rings. The van der Waals surface area contributed by atoms with E-state index in [4.69, 9.17) is 4.74 Å². The number of aromatic nitrogens is 3. The van der Waals surface area contributed by atoms with Crippen LogP contribution in [-0.2, 0) is 16.1 Å². The number of amides is 1. The Bertz CT molecular complexity index is 830. The van der Waals surface area contributed by atoms with Crippen molar-refractivity contribution in [2.45, 2.75) is 37.5 Å². The third-order valence-electron chi connectivity index (χ3n) is 5.27. The minimum Gasteiger partial charge on any atom is -0.378 e. The SMILES string of the molecule is Cc1ccccc1CN(C)C(=O)CSc1nnc(N2CCOCC2)n1C1CC1. The number of aryl methyl sites for hydroxylation is 1. The molecule has 1 aromatic heterocycles. The smallest absolute Gasteiger partial charge is 0.233 e. The van der Waals surface area contributed by atoms with Crippen LogP contribution in [0, 0.1) is 6.92 Å². The molecular formula is C20H27N5O2S. The van der Waals surface area contributed by atoms with E-state index >= 15 is 0 Å². The fraction of sp³-hybridized carbons (Fsp3) is 0.550. The molecule has 1 aliphatic heterocycles. The molecule has 2 fully saturated rings. The fourth-order valence-electron chi connectivity index (χ4n) is 3.37. The van der Waals surface area contributed by atoms with E-state index in [1.807, 2.05) is 19.2 Å². The number of anilines is 1. The van der Waals surface area contributed by atoms with Crippen LogP contribution in [0.4, 0.5) is 5.95 Å². The Morgan fingerprint density at radius 2 is 2.00 bits per heavy atom. The first kappa shape index (κ1) is 19.3. The topological polar surface area (TPSA) is 63.5 Å². The first-order valence-corrected chi connectivity index (χ1v) is 10.8. The van der Waals surface area contributed by atoms with E-state index in [1.54, 1.807) is 4.90 Å². The molecular weight excluding hydrogens is 374 g/mol. The molecule has 1 saturated heterocycles. The Morgan fingerprint density at radius 1 is 1.25 bits per heavy atom. The van der Waals surface area contributed by atoms with Gasteiger partial charge in [-0.2, -0.15) is 0 Å². The van der Waals surface area contributed by atoms with E-state index in [0.29, 0.717) is 18.3 Å². The second-order valence-electron chi connectivity index (χ2n) is 7.45. The van der Waals surface area contributed by atoms with Gasteiger partial charge in [0.05, 0.1) is 19.0 Å². The first-order chi connectivity index (χ1) is 13.6. The molecule has 2 aliphatic rings. The van der Waals surface area contributed by atoms with Gasteiger partial charge in [-0.3, -0.25) is 9.36 Å². The molecule has 0 bridgehead atoms. The van der Waals surface area contributed by atoms with Gasteiger partial charge in [0, 0.05) is 32.7 Å². The third-order valence-corrected chi connectivity index (χ3v) is 6.20. The number of morpholine rings is 1. The molecule has 8 heteroatoms. The highest BCUT2D eigenvalue weighted by atomic mass is 32.2. The van der Waals surface area contributed by atoms with Crippen LogP contribution in [0.25, 0.3) is 0 Å². The lowest BCUT2D eigenvalue weighted by Crippen LogP contribution is -2.38. The average molecular weight is 402 g/mol. The van der Waals surface area contributed by atoms with E-state index in [-0.39, 0.29) is 5.91 Å². The Kier molecular flexibility index (Phi) is 5.87. The van der Waals surface area contributed by atoms with E-state index in [2.05, 4.69) is 38.7 Å². The largest absolute Gasteiger partial charge is 0.378 e. The maximum absolute atomic E-state index is 12.7. The molecule has 0 spiro atoms. The summed E-state index contributed by atoms with van der Waals surface area (Å²) < 4.78 is 7.68. The lowest BCUT2D eigenvalue weighted by atomic mass is 10.1. The molecule has 1 amide bonds. The lowest BCUT2D eigenvalue weighted by Gasteiger charge is -2.28. The summed E-state index contributed by atoms with van der Waals surface area (Å²) in [6.45, 7) is 5.83. The van der Waals surface area contributed by atoms with Crippen LogP contribution in [0.1, 0.15) is 30.0 Å². The normalized spacial score (nSPS) is 17.0. The van der Waals surface area contributed by atoms with Crippen molar-refractivity contribution in [3.05, 3.63) is 35.4 Å². The maximum atomic E-state index is 12.7. The van der Waals surface area contributed by atoms with Crippen LogP contribution in [0.2, 0.25) is 0 Å². The van der Waals surface area contributed by atoms with Crippen molar-refractivity contribution in [3.8, 4) is 0 Å². The number of benzene rings is 1. The zero-order valence-corrected chi connectivity index (χ0v) is 17.3. The molecule has 0 N–H and O–H groups in total. The van der Waals surface area contributed by atoms with E-state index in [0.717, 1.165) is 50.2 Å². The van der Waals surface area contributed by atoms with Gasteiger partial charge in [-0.25, -0.2) is 0 Å². The highest BCUT2D eigenvalue weighted by Crippen LogP contribution is 2.41. The molecule has 0 unspecified atom stereocenters. The molecule has 1 aromatic carbocycles. The highest BCUT2D eigenvalue weighted by Gasteiger charge is 2.32. The van der Waals surface area contributed by atoms with Gasteiger partial charge in [0.15, 0.2) is 5.16 Å². The lowest BCUT2D eigenvalue weighted by molar-refractivity contribution is -0.127. The van der Waals surface area contributed by atoms with Gasteiger partial charge in [0.1, 0.15) is 0 Å². The molecule has 1 saturated carbocycles. The van der Waals surface area contributed by atoms with Crippen LogP contribution in [0.5, 0.6) is 0 Å². The van der Waals surface area contributed by atoms with Gasteiger partial charge in [-0.05, 0) is 30.9 Å². The van der Waals surface area contributed by atoms with Gasteiger partial charge < -0.3 is 14.5 Å². The van der Waals surface area contributed by atoms with Crippen LogP contribution in [0.15, 0.2) is 29.4 Å². The minimum absolute atomic E-state index is 0.103. The second kappa shape index (κ2) is 8.53. The summed E-state index contributed by atoms with van der Waals surface area (Å²) in [6, 6.07) is 8.65. The van der Waals surface area contributed by atoms with Gasteiger partial charge in [0.2, 0.25) is 11.9 Å². The van der Waals surface area contributed by atoms with Gasteiger partial charge in [-0.15, -0.1) is 10.2 Å². The second-order valence-corrected chi connectivity index (χ2v) is 8.39. The number of rotatable bonds is 7. The molecule has 150 valence electrons. The summed E-state index contributed by atoms with van der Waals surface area (Å²) in [5.74, 6) is 1.40. The van der Waals surface area contributed by atoms with Crippen molar-refractivity contribution >= 4 is 23.6 Å². The molecule has 1 aliphatic carbocycles. The number of carbonyl (C=O) groups excluding carboxylic acids is 1.